The quantitative estimate of drug-likeness (QED) is 0.690. The molecule has 1 aliphatic carbocycles. The summed E-state index contributed by atoms with van der Waals surface area (Å²) in [6.45, 7) is 2.73. The average molecular weight is 338 g/mol. The monoisotopic (exact) mass is 338 g/mol. The van der Waals surface area contributed by atoms with Gasteiger partial charge in [0.15, 0.2) is 0 Å². The third kappa shape index (κ3) is 4.68. The van der Waals surface area contributed by atoms with E-state index >= 15 is 0 Å². The Labute approximate surface area is 149 Å². The summed E-state index contributed by atoms with van der Waals surface area (Å²) in [4.78, 5) is 12.1. The third-order valence-corrected chi connectivity index (χ3v) is 4.94. The van der Waals surface area contributed by atoms with Crippen LogP contribution in [0.25, 0.3) is 0 Å². The van der Waals surface area contributed by atoms with Crippen LogP contribution in [-0.2, 0) is 4.79 Å². The maximum absolute atomic E-state index is 12.1. The predicted molar refractivity (Wildman–Crippen MR) is 100 cm³/mol. The molecule has 2 aromatic rings. The number of nitrogens with one attached hydrogen (secondary N) is 2. The van der Waals surface area contributed by atoms with Crippen molar-refractivity contribution < 1.29 is 9.90 Å². The molecule has 4 nitrogen and oxygen atoms in total. The topological polar surface area (TPSA) is 61.4 Å². The van der Waals surface area contributed by atoms with Crippen LogP contribution in [-0.4, -0.2) is 23.6 Å². The lowest BCUT2D eigenvalue weighted by Crippen LogP contribution is -2.36. The minimum Gasteiger partial charge on any atom is -0.388 e. The Morgan fingerprint density at radius 2 is 1.68 bits per heavy atom. The van der Waals surface area contributed by atoms with Crippen LogP contribution < -0.4 is 10.6 Å². The maximum Gasteiger partial charge on any atom is 0.225 e. The first-order valence-electron chi connectivity index (χ1n) is 8.90. The fourth-order valence-corrected chi connectivity index (χ4v) is 3.16. The second-order valence-electron chi connectivity index (χ2n) is 7.08. The van der Waals surface area contributed by atoms with Crippen molar-refractivity contribution in [3.05, 3.63) is 66.2 Å². The van der Waals surface area contributed by atoms with Crippen LogP contribution in [0.3, 0.4) is 0 Å². The largest absolute Gasteiger partial charge is 0.388 e. The minimum absolute atomic E-state index is 0.000320. The molecule has 0 heterocycles. The lowest BCUT2D eigenvalue weighted by molar-refractivity contribution is -0.116. The first-order chi connectivity index (χ1) is 12.1. The van der Waals surface area contributed by atoms with Crippen molar-refractivity contribution in [3.8, 4) is 0 Å². The number of hydrogen-bond donors (Lipinski definition) is 3. The van der Waals surface area contributed by atoms with Gasteiger partial charge in [-0.15, -0.1) is 0 Å². The first kappa shape index (κ1) is 17.6. The molecule has 3 N–H and O–H groups in total. The fourth-order valence-electron chi connectivity index (χ4n) is 3.16. The Bertz CT molecular complexity index is 684. The second kappa shape index (κ2) is 7.81. The number of aliphatic hydroxyl groups is 1. The number of carbonyl (C=O) groups excluding carboxylic acids is 1. The van der Waals surface area contributed by atoms with E-state index in [1.54, 1.807) is 0 Å². The fraction of sp³-hybridized carbons (Fsp3) is 0.381. The summed E-state index contributed by atoms with van der Waals surface area (Å²) >= 11 is 0. The van der Waals surface area contributed by atoms with Crippen LogP contribution in [0.15, 0.2) is 60.7 Å². The van der Waals surface area contributed by atoms with Crippen molar-refractivity contribution in [2.24, 2.45) is 5.41 Å². The molecule has 3 rings (SSSR count). The molecule has 0 bridgehead atoms. The van der Waals surface area contributed by atoms with Gasteiger partial charge in [-0.25, -0.2) is 0 Å². The second-order valence-corrected chi connectivity index (χ2v) is 7.08. The number of anilines is 1. The summed E-state index contributed by atoms with van der Waals surface area (Å²) in [5.74, 6) is -0.000320. The summed E-state index contributed by atoms with van der Waals surface area (Å²) in [6.07, 6.45) is 1.98. The first-order valence-corrected chi connectivity index (χ1v) is 8.90. The van der Waals surface area contributed by atoms with Crippen LogP contribution in [0.4, 0.5) is 5.69 Å². The van der Waals surface area contributed by atoms with E-state index in [0.717, 1.165) is 30.6 Å². The number of carbonyl (C=O) groups is 1. The number of para-hydroxylation sites is 1. The van der Waals surface area contributed by atoms with Crippen molar-refractivity contribution >= 4 is 11.6 Å². The normalized spacial score (nSPS) is 17.5. The van der Waals surface area contributed by atoms with Gasteiger partial charge < -0.3 is 15.7 Å². The van der Waals surface area contributed by atoms with Crippen molar-refractivity contribution in [1.82, 2.24) is 5.32 Å². The van der Waals surface area contributed by atoms with E-state index in [4.69, 9.17) is 0 Å². The van der Waals surface area contributed by atoms with Gasteiger partial charge in [-0.3, -0.25) is 4.79 Å². The van der Waals surface area contributed by atoms with Crippen molar-refractivity contribution in [3.63, 3.8) is 0 Å². The van der Waals surface area contributed by atoms with Crippen molar-refractivity contribution in [2.45, 2.75) is 38.3 Å². The maximum atomic E-state index is 12.1. The van der Waals surface area contributed by atoms with Crippen molar-refractivity contribution in [1.29, 1.82) is 0 Å². The summed E-state index contributed by atoms with van der Waals surface area (Å²) in [5.41, 5.74) is 1.69. The zero-order chi connectivity index (χ0) is 17.7. The van der Waals surface area contributed by atoms with Gasteiger partial charge >= 0.3 is 0 Å². The van der Waals surface area contributed by atoms with Crippen LogP contribution in [0.5, 0.6) is 0 Å². The molecule has 1 amide bonds. The SMILES string of the molecule is CC(CC(=O)Nc1ccccc1)NCC1(C(O)c2ccccc2)CC1. The standard InChI is InChI=1S/C21H26N2O2/c1-16(14-19(24)23-18-10-6-3-7-11-18)22-15-21(12-13-21)20(25)17-8-4-2-5-9-17/h2-11,16,20,22,25H,12-15H2,1H3,(H,23,24). The van der Waals surface area contributed by atoms with Crippen LogP contribution in [0.2, 0.25) is 0 Å². The summed E-state index contributed by atoms with van der Waals surface area (Å²) in [6, 6.07) is 19.4. The minimum atomic E-state index is -0.452. The van der Waals surface area contributed by atoms with Crippen LogP contribution >= 0.6 is 0 Å². The van der Waals surface area contributed by atoms with Gasteiger partial charge in [0, 0.05) is 30.1 Å². The molecule has 0 aliphatic heterocycles. The van der Waals surface area contributed by atoms with Gasteiger partial charge in [-0.05, 0) is 37.5 Å². The van der Waals surface area contributed by atoms with Gasteiger partial charge in [0.1, 0.15) is 0 Å². The molecule has 1 aliphatic rings. The summed E-state index contributed by atoms with van der Waals surface area (Å²) in [7, 11) is 0. The number of rotatable bonds is 8. The Hall–Kier alpha value is -2.17. The van der Waals surface area contributed by atoms with Gasteiger partial charge in [0.25, 0.3) is 0 Å². The molecule has 0 saturated heterocycles. The number of benzene rings is 2. The van der Waals surface area contributed by atoms with Gasteiger partial charge in [-0.1, -0.05) is 48.5 Å². The van der Waals surface area contributed by atoms with E-state index in [2.05, 4.69) is 10.6 Å². The number of amides is 1. The zero-order valence-electron chi connectivity index (χ0n) is 14.6. The molecule has 25 heavy (non-hydrogen) atoms. The van der Waals surface area contributed by atoms with Gasteiger partial charge in [0.05, 0.1) is 6.10 Å². The molecule has 1 saturated carbocycles. The smallest absolute Gasteiger partial charge is 0.225 e. The van der Waals surface area contributed by atoms with Gasteiger partial charge in [0.2, 0.25) is 5.91 Å². The molecule has 1 fully saturated rings. The van der Waals surface area contributed by atoms with E-state index in [9.17, 15) is 9.90 Å². The predicted octanol–water partition coefficient (Wildman–Crippen LogP) is 3.51. The lowest BCUT2D eigenvalue weighted by Gasteiger charge is -2.25. The number of hydrogen-bond acceptors (Lipinski definition) is 3. The van der Waals surface area contributed by atoms with E-state index in [0.29, 0.717) is 6.42 Å². The highest BCUT2D eigenvalue weighted by molar-refractivity contribution is 5.90. The highest BCUT2D eigenvalue weighted by Crippen LogP contribution is 2.54. The Balaban J connectivity index is 1.47. The Kier molecular flexibility index (Phi) is 5.51. The molecule has 2 unspecified atom stereocenters. The average Bonchev–Trinajstić information content (AvgIpc) is 3.42. The highest BCUT2D eigenvalue weighted by Gasteiger charge is 2.49. The molecule has 0 radical (unpaired) electrons. The number of aliphatic hydroxyl groups excluding tert-OH is 1. The molecule has 132 valence electrons. The van der Waals surface area contributed by atoms with E-state index in [1.165, 1.54) is 0 Å². The summed E-state index contributed by atoms with van der Waals surface area (Å²) in [5, 5.41) is 17.0. The lowest BCUT2D eigenvalue weighted by atomic mass is 9.92. The van der Waals surface area contributed by atoms with Crippen LogP contribution in [0, 0.1) is 5.41 Å². The molecular formula is C21H26N2O2. The Morgan fingerprint density at radius 1 is 1.08 bits per heavy atom. The highest BCUT2D eigenvalue weighted by atomic mass is 16.3. The molecule has 2 atom stereocenters. The van der Waals surface area contributed by atoms with E-state index in [-0.39, 0.29) is 17.4 Å². The van der Waals surface area contributed by atoms with E-state index in [1.807, 2.05) is 67.6 Å². The molecule has 2 aromatic carbocycles. The van der Waals surface area contributed by atoms with Crippen molar-refractivity contribution in [2.75, 3.05) is 11.9 Å². The summed E-state index contributed by atoms with van der Waals surface area (Å²) < 4.78 is 0. The van der Waals surface area contributed by atoms with Crippen LogP contribution in [0.1, 0.15) is 37.9 Å². The molecular weight excluding hydrogens is 312 g/mol. The Morgan fingerprint density at radius 3 is 2.28 bits per heavy atom. The molecule has 0 spiro atoms. The molecule has 0 aromatic heterocycles. The van der Waals surface area contributed by atoms with Gasteiger partial charge in [-0.2, -0.15) is 0 Å². The zero-order valence-corrected chi connectivity index (χ0v) is 14.6. The third-order valence-electron chi connectivity index (χ3n) is 4.94. The van der Waals surface area contributed by atoms with E-state index < -0.39 is 6.10 Å². The molecule has 4 heteroatoms.